The number of nitrogen functional groups attached to an aromatic ring is 1. The number of anilines is 1. The van der Waals surface area contributed by atoms with E-state index < -0.39 is 10.8 Å². The highest BCUT2D eigenvalue weighted by atomic mass is 79.9. The van der Waals surface area contributed by atoms with Crippen LogP contribution in [0.2, 0.25) is 0 Å². The molecule has 0 aliphatic rings. The number of alkyl halides is 2. The fourth-order valence-electron chi connectivity index (χ4n) is 1.97. The average Bonchev–Trinajstić information content (AvgIpc) is 2.83. The fourth-order valence-corrected chi connectivity index (χ4v) is 3.07. The molecule has 6 nitrogen and oxygen atoms in total. The van der Waals surface area contributed by atoms with Gasteiger partial charge in [-0.25, -0.2) is 14.8 Å². The van der Waals surface area contributed by atoms with Crippen LogP contribution in [0.15, 0.2) is 11.7 Å². The van der Waals surface area contributed by atoms with Gasteiger partial charge in [0.1, 0.15) is 11.6 Å². The maximum absolute atomic E-state index is 11.2. The Bertz CT molecular complexity index is 712. The molecular weight excluding hydrogens is 439 g/mol. The van der Waals surface area contributed by atoms with E-state index in [2.05, 4.69) is 14.5 Å². The molecule has 2 rings (SSSR count). The first-order valence-electron chi connectivity index (χ1n) is 6.87. The summed E-state index contributed by atoms with van der Waals surface area (Å²) in [4.78, 5) is 19.5. The summed E-state index contributed by atoms with van der Waals surface area (Å²) < 4.78 is 7.04. The van der Waals surface area contributed by atoms with Crippen molar-refractivity contribution < 1.29 is 31.1 Å². The van der Waals surface area contributed by atoms with Gasteiger partial charge >= 0.3 is 5.97 Å². The molecule has 0 bridgehead atoms. The highest BCUT2D eigenvalue weighted by Crippen LogP contribution is 2.14. The van der Waals surface area contributed by atoms with Crippen molar-refractivity contribution >= 4 is 46.3 Å². The summed E-state index contributed by atoms with van der Waals surface area (Å²) in [6.07, 6.45) is 2.35. The number of thiazole rings is 1. The van der Waals surface area contributed by atoms with E-state index in [0.717, 1.165) is 16.1 Å². The zero-order valence-electron chi connectivity index (χ0n) is 13.1. The molecule has 2 aromatic heterocycles. The van der Waals surface area contributed by atoms with Crippen LogP contribution in [0.5, 0.6) is 0 Å². The van der Waals surface area contributed by atoms with Gasteiger partial charge in [-0.05, 0) is 6.92 Å². The number of nitrogens with two attached hydrogens (primary N) is 1. The number of rotatable bonds is 6. The van der Waals surface area contributed by atoms with E-state index in [1.807, 2.05) is 12.4 Å². The first kappa shape index (κ1) is 21.1. The molecule has 0 fully saturated rings. The molecule has 2 heterocycles. The Morgan fingerprint density at radius 3 is 2.79 bits per heavy atom. The van der Waals surface area contributed by atoms with E-state index in [9.17, 15) is 4.79 Å². The number of carbonyl (C=O) groups excluding carboxylic acids is 1. The van der Waals surface area contributed by atoms with Gasteiger partial charge in [-0.2, -0.15) is 4.57 Å². The first-order chi connectivity index (χ1) is 10.9. The summed E-state index contributed by atoms with van der Waals surface area (Å²) in [5.74, 6) is 0.513. The SMILES string of the molecule is Cc1ncc(C[n+]2csc(CCOC(=O)C(Cl)Cl)c2C)c(N)n1.[Br-]. The van der Waals surface area contributed by atoms with Crippen molar-refractivity contribution in [3.63, 3.8) is 0 Å². The average molecular weight is 456 g/mol. The Balaban J connectivity index is 0.00000288. The molecule has 0 aromatic carbocycles. The summed E-state index contributed by atoms with van der Waals surface area (Å²) in [6.45, 7) is 4.64. The Morgan fingerprint density at radius 2 is 2.17 bits per heavy atom. The molecule has 0 atom stereocenters. The molecule has 0 spiro atoms. The third-order valence-corrected chi connectivity index (χ3v) is 4.77. The molecular formula is C14H17BrCl2N4O2S. The molecule has 2 N–H and O–H groups in total. The molecule has 0 unspecified atom stereocenters. The number of carbonyl (C=O) groups is 1. The molecule has 0 radical (unpaired) electrons. The van der Waals surface area contributed by atoms with E-state index in [1.165, 1.54) is 0 Å². The van der Waals surface area contributed by atoms with Gasteiger partial charge in [0.2, 0.25) is 10.3 Å². The Kier molecular flexibility index (Phi) is 8.35. The van der Waals surface area contributed by atoms with E-state index in [1.54, 1.807) is 24.5 Å². The van der Waals surface area contributed by atoms with Crippen molar-refractivity contribution in [1.82, 2.24) is 9.97 Å². The predicted molar refractivity (Wildman–Crippen MR) is 89.7 cm³/mol. The number of aromatic nitrogens is 3. The third kappa shape index (κ3) is 5.54. The minimum Gasteiger partial charge on any atom is -1.00 e. The van der Waals surface area contributed by atoms with Crippen LogP contribution in [-0.2, 0) is 22.5 Å². The molecule has 10 heteroatoms. The zero-order chi connectivity index (χ0) is 17.0. The normalized spacial score (nSPS) is 10.5. The van der Waals surface area contributed by atoms with Crippen LogP contribution in [-0.4, -0.2) is 27.4 Å². The van der Waals surface area contributed by atoms with Crippen molar-refractivity contribution in [2.24, 2.45) is 0 Å². The lowest BCUT2D eigenvalue weighted by atomic mass is 10.2. The zero-order valence-corrected chi connectivity index (χ0v) is 17.0. The fraction of sp³-hybridized carbons (Fsp3) is 0.429. The maximum atomic E-state index is 11.2. The van der Waals surface area contributed by atoms with E-state index in [0.29, 0.717) is 24.6 Å². The predicted octanol–water partition coefficient (Wildman–Crippen LogP) is -1.03. The number of hydrogen-bond acceptors (Lipinski definition) is 6. The maximum Gasteiger partial charge on any atom is 0.339 e. The van der Waals surface area contributed by atoms with Crippen LogP contribution in [0.1, 0.15) is 22.0 Å². The summed E-state index contributed by atoms with van der Waals surface area (Å²) in [5.41, 5.74) is 9.87. The topological polar surface area (TPSA) is 82.0 Å². The van der Waals surface area contributed by atoms with E-state index in [4.69, 9.17) is 33.7 Å². The second kappa shape index (κ2) is 9.50. The Labute approximate surface area is 164 Å². The molecule has 0 aliphatic carbocycles. The van der Waals surface area contributed by atoms with Crippen molar-refractivity contribution in [3.8, 4) is 0 Å². The molecule has 0 saturated heterocycles. The molecule has 0 saturated carbocycles. The van der Waals surface area contributed by atoms with Gasteiger partial charge in [0.05, 0.1) is 17.0 Å². The van der Waals surface area contributed by atoms with Crippen LogP contribution in [0.25, 0.3) is 0 Å². The number of ether oxygens (including phenoxy) is 1. The number of hydrogen-bond donors (Lipinski definition) is 1. The van der Waals surface area contributed by atoms with Crippen LogP contribution in [0, 0.1) is 13.8 Å². The molecule has 2 aromatic rings. The van der Waals surface area contributed by atoms with Crippen molar-refractivity contribution in [2.45, 2.75) is 31.6 Å². The van der Waals surface area contributed by atoms with E-state index >= 15 is 0 Å². The van der Waals surface area contributed by atoms with Crippen LogP contribution < -0.4 is 27.3 Å². The van der Waals surface area contributed by atoms with Gasteiger partial charge in [0, 0.05) is 19.5 Å². The molecule has 24 heavy (non-hydrogen) atoms. The lowest BCUT2D eigenvalue weighted by Crippen LogP contribution is -3.00. The lowest BCUT2D eigenvalue weighted by Gasteiger charge is -2.04. The third-order valence-electron chi connectivity index (χ3n) is 3.27. The van der Waals surface area contributed by atoms with Crippen molar-refractivity contribution in [1.29, 1.82) is 0 Å². The minimum absolute atomic E-state index is 0. The summed E-state index contributed by atoms with van der Waals surface area (Å²) in [7, 11) is 0. The highest BCUT2D eigenvalue weighted by Gasteiger charge is 2.19. The largest absolute Gasteiger partial charge is 1.00 e. The second-order valence-electron chi connectivity index (χ2n) is 4.91. The van der Waals surface area contributed by atoms with Gasteiger partial charge in [-0.15, -0.1) is 0 Å². The summed E-state index contributed by atoms with van der Waals surface area (Å²) in [6, 6.07) is 0. The molecule has 0 aliphatic heterocycles. The van der Waals surface area contributed by atoms with Gasteiger partial charge in [0.25, 0.3) is 0 Å². The molecule has 132 valence electrons. The Hall–Kier alpha value is -0.960. The van der Waals surface area contributed by atoms with Crippen LogP contribution in [0.3, 0.4) is 0 Å². The number of halogens is 3. The summed E-state index contributed by atoms with van der Waals surface area (Å²) >= 11 is 12.4. The lowest BCUT2D eigenvalue weighted by molar-refractivity contribution is -0.689. The smallest absolute Gasteiger partial charge is 0.339 e. The van der Waals surface area contributed by atoms with Gasteiger partial charge in [-0.3, -0.25) is 0 Å². The number of esters is 1. The monoisotopic (exact) mass is 454 g/mol. The summed E-state index contributed by atoms with van der Waals surface area (Å²) in [5, 5.41) is 0. The van der Waals surface area contributed by atoms with Crippen LogP contribution >= 0.6 is 34.5 Å². The number of nitrogens with zero attached hydrogens (tertiary/aromatic N) is 3. The molecule has 0 amide bonds. The second-order valence-corrected chi connectivity index (χ2v) is 6.94. The standard InChI is InChI=1S/C14H17Cl2N4O2S.BrH/c1-8-11(3-4-22-14(21)12(15)16)23-7-20(8)6-10-5-18-9(2)19-13(10)17;/h5,7,12H,3-4,6H2,1-2H3,(H2,17,18,19);1H/q+1;/p-1. The first-order valence-corrected chi connectivity index (χ1v) is 8.63. The minimum atomic E-state index is -1.14. The van der Waals surface area contributed by atoms with Crippen molar-refractivity contribution in [3.05, 3.63) is 33.7 Å². The highest BCUT2D eigenvalue weighted by molar-refractivity contribution is 7.09. The van der Waals surface area contributed by atoms with Crippen molar-refractivity contribution in [2.75, 3.05) is 12.3 Å². The van der Waals surface area contributed by atoms with Crippen LogP contribution in [0.4, 0.5) is 5.82 Å². The Morgan fingerprint density at radius 1 is 1.46 bits per heavy atom. The van der Waals surface area contributed by atoms with Gasteiger partial charge in [-0.1, -0.05) is 34.5 Å². The van der Waals surface area contributed by atoms with Gasteiger partial charge in [0.15, 0.2) is 12.2 Å². The van der Waals surface area contributed by atoms with Gasteiger partial charge < -0.3 is 27.5 Å². The number of aryl methyl sites for hydroxylation is 1. The van der Waals surface area contributed by atoms with E-state index in [-0.39, 0.29) is 23.6 Å². The quantitative estimate of drug-likeness (QED) is 0.342.